The van der Waals surface area contributed by atoms with Crippen molar-refractivity contribution in [3.8, 4) is 0 Å². The van der Waals surface area contributed by atoms with Crippen molar-refractivity contribution in [2.45, 2.75) is 27.2 Å². The van der Waals surface area contributed by atoms with Gasteiger partial charge in [-0.15, -0.1) is 0 Å². The predicted molar refractivity (Wildman–Crippen MR) is 73.2 cm³/mol. The van der Waals surface area contributed by atoms with Crippen LogP contribution in [-0.4, -0.2) is 19.6 Å². The third-order valence-electron chi connectivity index (χ3n) is 1.50. The molecular weight excluding hydrogens is 294 g/mol. The van der Waals surface area contributed by atoms with Crippen LogP contribution in [0.15, 0.2) is 36.0 Å². The maximum Gasteiger partial charge on any atom is 0.478 e. The van der Waals surface area contributed by atoms with Crippen LogP contribution in [0, 0.1) is 0 Å². The van der Waals surface area contributed by atoms with Crippen LogP contribution in [0.2, 0.25) is 0 Å². The van der Waals surface area contributed by atoms with Crippen LogP contribution in [0.5, 0.6) is 0 Å². The first-order chi connectivity index (χ1) is 8.37. The van der Waals surface area contributed by atoms with Gasteiger partial charge in [0.2, 0.25) is 0 Å². The molecule has 0 atom stereocenters. The van der Waals surface area contributed by atoms with Gasteiger partial charge in [-0.1, -0.05) is 36.0 Å². The quantitative estimate of drug-likeness (QED) is 0.349. The van der Waals surface area contributed by atoms with Gasteiger partial charge in [0.05, 0.1) is 0 Å². The summed E-state index contributed by atoms with van der Waals surface area (Å²) in [7, 11) is -10.1. The van der Waals surface area contributed by atoms with Gasteiger partial charge >= 0.3 is 15.6 Å². The molecule has 0 saturated heterocycles. The molecule has 0 aliphatic carbocycles. The molecule has 0 aliphatic rings. The molecule has 9 heteroatoms. The van der Waals surface area contributed by atoms with Crippen molar-refractivity contribution in [3.63, 3.8) is 0 Å². The number of phosphoric acid groups is 2. The molecule has 0 fully saturated rings. The molecule has 0 unspecified atom stereocenters. The summed E-state index contributed by atoms with van der Waals surface area (Å²) >= 11 is 0. The molecule has 0 amide bonds. The smallest absolute Gasteiger partial charge is 0.302 e. The van der Waals surface area contributed by atoms with Gasteiger partial charge in [0.1, 0.15) is 0 Å². The summed E-state index contributed by atoms with van der Waals surface area (Å²) in [5, 5.41) is 0. The van der Waals surface area contributed by atoms with Gasteiger partial charge in [0.25, 0.3) is 0 Å². The molecule has 4 N–H and O–H groups in total. The topological polar surface area (TPSA) is 124 Å². The molecule has 0 spiro atoms. The molecule has 0 aromatic carbocycles. The van der Waals surface area contributed by atoms with Crippen molar-refractivity contribution in [3.05, 3.63) is 36.0 Å². The molecule has 112 valence electrons. The minimum atomic E-state index is -5.05. The Balaban J connectivity index is 0. The molecule has 0 rings (SSSR count). The van der Waals surface area contributed by atoms with Crippen molar-refractivity contribution < 1.29 is 33.0 Å². The van der Waals surface area contributed by atoms with E-state index < -0.39 is 15.6 Å². The van der Waals surface area contributed by atoms with Crippen LogP contribution in [0.1, 0.15) is 27.2 Å². The number of allylic oxidation sites excluding steroid dienone is 5. The van der Waals surface area contributed by atoms with Crippen LogP contribution in [0.25, 0.3) is 0 Å². The van der Waals surface area contributed by atoms with Crippen LogP contribution in [0.4, 0.5) is 0 Å². The lowest BCUT2D eigenvalue weighted by Crippen LogP contribution is -1.84. The van der Waals surface area contributed by atoms with Gasteiger partial charge in [-0.25, -0.2) is 9.13 Å². The zero-order valence-corrected chi connectivity index (χ0v) is 12.8. The van der Waals surface area contributed by atoms with E-state index in [4.69, 9.17) is 19.6 Å². The van der Waals surface area contributed by atoms with Crippen molar-refractivity contribution >= 4 is 15.6 Å². The lowest BCUT2D eigenvalue weighted by molar-refractivity contribution is 0.225. The summed E-state index contributed by atoms with van der Waals surface area (Å²) in [5.41, 5.74) is 2.62. The lowest BCUT2D eigenvalue weighted by atomic mass is 10.2. The Morgan fingerprint density at radius 1 is 1.05 bits per heavy atom. The molecule has 0 aliphatic heterocycles. The minimum absolute atomic E-state index is 1.03. The zero-order valence-electron chi connectivity index (χ0n) is 11.1. The van der Waals surface area contributed by atoms with Gasteiger partial charge < -0.3 is 19.6 Å². The van der Waals surface area contributed by atoms with Gasteiger partial charge in [-0.3, -0.25) is 0 Å². The highest BCUT2D eigenvalue weighted by molar-refractivity contribution is 7.60. The Kier molecular flexibility index (Phi) is 10.3. The number of hydrogen-bond donors (Lipinski definition) is 4. The fraction of sp³-hybridized carbons (Fsp3) is 0.400. The third kappa shape index (κ3) is 23.1. The SMILES string of the molecule is C=C/C(C)=C/CC=C(C)C.O=P(O)(O)OP(=O)(O)O. The second kappa shape index (κ2) is 9.39. The Bertz CT molecular complexity index is 403. The first-order valence-electron chi connectivity index (χ1n) is 5.12. The van der Waals surface area contributed by atoms with Gasteiger partial charge in [-0.05, 0) is 27.2 Å². The zero-order chi connectivity index (χ0) is 15.7. The highest BCUT2D eigenvalue weighted by Crippen LogP contribution is 2.53. The highest BCUT2D eigenvalue weighted by atomic mass is 31.3. The summed E-state index contributed by atoms with van der Waals surface area (Å²) in [5.74, 6) is 0. The summed E-state index contributed by atoms with van der Waals surface area (Å²) in [6, 6.07) is 0. The van der Waals surface area contributed by atoms with Crippen LogP contribution >= 0.6 is 15.6 Å². The lowest BCUT2D eigenvalue weighted by Gasteiger charge is -2.03. The number of hydrogen-bond acceptors (Lipinski definition) is 3. The minimum Gasteiger partial charge on any atom is -0.302 e. The van der Waals surface area contributed by atoms with Crippen molar-refractivity contribution in [2.24, 2.45) is 0 Å². The first kappa shape index (κ1) is 20.8. The Labute approximate surface area is 112 Å². The summed E-state index contributed by atoms with van der Waals surface area (Å²) in [6.45, 7) is 9.95. The summed E-state index contributed by atoms with van der Waals surface area (Å²) < 4.78 is 22.2. The van der Waals surface area contributed by atoms with E-state index in [0.717, 1.165) is 6.42 Å². The molecule has 0 radical (unpaired) electrons. The van der Waals surface area contributed by atoms with Gasteiger partial charge in [0.15, 0.2) is 0 Å². The molecule has 0 aromatic rings. The van der Waals surface area contributed by atoms with Crippen molar-refractivity contribution in [1.29, 1.82) is 0 Å². The second-order valence-electron chi connectivity index (χ2n) is 3.73. The fourth-order valence-electron chi connectivity index (χ4n) is 0.702. The number of rotatable bonds is 5. The molecule has 0 aromatic heterocycles. The maximum absolute atomic E-state index is 9.63. The molecular formula is C10H20O7P2. The standard InChI is InChI=1S/C10H16.H4O7P2/c1-5-10(4)8-6-7-9(2)3;1-8(2,3)7-9(4,5)6/h5,7-8H,1,6H2,2-4H3;(H2,1,2,3)(H2,4,5,6)/b10-8+;. The average Bonchev–Trinajstić information content (AvgIpc) is 2.11. The van der Waals surface area contributed by atoms with E-state index in [-0.39, 0.29) is 0 Å². The van der Waals surface area contributed by atoms with Crippen LogP contribution in [-0.2, 0) is 13.4 Å². The Morgan fingerprint density at radius 3 is 1.68 bits per heavy atom. The molecule has 0 saturated carbocycles. The molecule has 19 heavy (non-hydrogen) atoms. The average molecular weight is 314 g/mol. The van der Waals surface area contributed by atoms with E-state index in [1.165, 1.54) is 11.1 Å². The van der Waals surface area contributed by atoms with E-state index in [9.17, 15) is 9.13 Å². The molecule has 0 bridgehead atoms. The van der Waals surface area contributed by atoms with E-state index in [2.05, 4.69) is 43.8 Å². The maximum atomic E-state index is 9.63. The van der Waals surface area contributed by atoms with Crippen molar-refractivity contribution in [2.75, 3.05) is 0 Å². The van der Waals surface area contributed by atoms with Gasteiger partial charge in [0, 0.05) is 0 Å². The van der Waals surface area contributed by atoms with Crippen LogP contribution in [0.3, 0.4) is 0 Å². The molecule has 7 nitrogen and oxygen atoms in total. The second-order valence-corrected chi connectivity index (χ2v) is 6.35. The largest absolute Gasteiger partial charge is 0.478 e. The Hall–Kier alpha value is -0.520. The monoisotopic (exact) mass is 314 g/mol. The van der Waals surface area contributed by atoms with E-state index in [1.54, 1.807) is 0 Å². The van der Waals surface area contributed by atoms with Gasteiger partial charge in [-0.2, -0.15) is 4.31 Å². The summed E-state index contributed by atoms with van der Waals surface area (Å²) in [6.07, 6.45) is 7.27. The highest BCUT2D eigenvalue weighted by Gasteiger charge is 2.27. The van der Waals surface area contributed by atoms with E-state index in [1.807, 2.05) is 6.08 Å². The van der Waals surface area contributed by atoms with Crippen molar-refractivity contribution in [1.82, 2.24) is 0 Å². The van der Waals surface area contributed by atoms with E-state index >= 15 is 0 Å². The Morgan fingerprint density at radius 2 is 1.47 bits per heavy atom. The molecule has 0 heterocycles. The van der Waals surface area contributed by atoms with Crippen LogP contribution < -0.4 is 0 Å². The van der Waals surface area contributed by atoms with E-state index in [0.29, 0.717) is 0 Å². The predicted octanol–water partition coefficient (Wildman–Crippen LogP) is 2.66. The first-order valence-corrected chi connectivity index (χ1v) is 8.18. The summed E-state index contributed by atoms with van der Waals surface area (Å²) in [4.78, 5) is 31.0. The normalized spacial score (nSPS) is 12.3. The fourth-order valence-corrected chi connectivity index (χ4v) is 1.81. The third-order valence-corrected chi connectivity index (χ3v) is 3.20.